The van der Waals surface area contributed by atoms with Gasteiger partial charge < -0.3 is 28.8 Å². The Morgan fingerprint density at radius 1 is 0.545 bits per heavy atom. The van der Waals surface area contributed by atoms with Crippen molar-refractivity contribution in [3.63, 3.8) is 0 Å². The fourth-order valence-electron chi connectivity index (χ4n) is 7.69. The minimum atomic E-state index is -4.62. The molecule has 0 aromatic heterocycles. The second-order valence-electron chi connectivity index (χ2n) is 19.6. The predicted molar refractivity (Wildman–Crippen MR) is 284 cm³/mol. The van der Waals surface area contributed by atoms with Gasteiger partial charge in [-0.2, -0.15) is 0 Å². The molecule has 0 radical (unpaired) electrons. The number of rotatable bonds is 49. The van der Waals surface area contributed by atoms with Crippen molar-refractivity contribution in [2.45, 2.75) is 244 Å². The molecule has 0 aromatic rings. The number of aliphatic hydroxyl groups is 1. The van der Waals surface area contributed by atoms with Gasteiger partial charge in [0.2, 0.25) is 5.91 Å². The van der Waals surface area contributed by atoms with Crippen molar-refractivity contribution in [1.29, 1.82) is 0 Å². The van der Waals surface area contributed by atoms with Crippen LogP contribution >= 0.6 is 7.82 Å². The van der Waals surface area contributed by atoms with E-state index in [1.807, 2.05) is 33.3 Å². The summed E-state index contributed by atoms with van der Waals surface area (Å²) in [4.78, 5) is 25.3. The molecule has 1 amide bonds. The summed E-state index contributed by atoms with van der Waals surface area (Å²) in [5, 5.41) is 13.8. The molecule has 0 aliphatic rings. The Kier molecular flexibility index (Phi) is 46.5. The summed E-state index contributed by atoms with van der Waals surface area (Å²) in [5.41, 5.74) is 0. The molecule has 0 heterocycles. The topological polar surface area (TPSA) is 108 Å². The van der Waals surface area contributed by atoms with Gasteiger partial charge in [-0.25, -0.2) is 0 Å². The number of unbranched alkanes of at least 4 members (excludes halogenated alkanes) is 27. The summed E-state index contributed by atoms with van der Waals surface area (Å²) in [7, 11) is 1.20. The number of carbonyl (C=O) groups is 1. The molecule has 0 rings (SSSR count). The van der Waals surface area contributed by atoms with Gasteiger partial charge in [-0.3, -0.25) is 9.36 Å². The lowest BCUT2D eigenvalue weighted by molar-refractivity contribution is -0.870. The number of phosphoric acid groups is 1. The molecule has 8 nitrogen and oxygen atoms in total. The van der Waals surface area contributed by atoms with Crippen molar-refractivity contribution in [3.8, 4) is 0 Å². The van der Waals surface area contributed by atoms with E-state index in [2.05, 4.69) is 67.8 Å². The lowest BCUT2D eigenvalue weighted by Gasteiger charge is -2.29. The SMILES string of the molecule is CC/C=C\C/C=C\C/C=C\C/C=C\C/C=C\CC(=O)NC(COP(=O)([O-])OCC[N+](C)(C)C)C(O)/C=C/CCCCCCCCCCCCCCCCCCCCCCCCCCCCC. The third-order valence-corrected chi connectivity index (χ3v) is 12.9. The number of nitrogens with one attached hydrogen (secondary N) is 1. The molecule has 9 heteroatoms. The fraction of sp³-hybridized carbons (Fsp3) is 0.772. The Morgan fingerprint density at radius 2 is 0.909 bits per heavy atom. The number of hydrogen-bond acceptors (Lipinski definition) is 6. The summed E-state index contributed by atoms with van der Waals surface area (Å²) in [5.74, 6) is -0.324. The number of amides is 1. The first-order valence-electron chi connectivity index (χ1n) is 27.3. The van der Waals surface area contributed by atoms with E-state index in [0.29, 0.717) is 17.4 Å². The molecular formula is C57H105N2O6P. The number of likely N-dealkylation sites (N-methyl/N-ethyl adjacent to an activating group) is 1. The first-order valence-corrected chi connectivity index (χ1v) is 28.8. The van der Waals surface area contributed by atoms with E-state index in [4.69, 9.17) is 9.05 Å². The molecular weight excluding hydrogens is 840 g/mol. The van der Waals surface area contributed by atoms with E-state index in [-0.39, 0.29) is 18.9 Å². The van der Waals surface area contributed by atoms with E-state index < -0.39 is 26.6 Å². The Labute approximate surface area is 408 Å². The second-order valence-corrected chi connectivity index (χ2v) is 21.0. The summed E-state index contributed by atoms with van der Waals surface area (Å²) in [6.07, 6.45) is 65.9. The number of nitrogens with zero attached hydrogens (tertiary/aromatic N) is 1. The monoisotopic (exact) mass is 945 g/mol. The van der Waals surface area contributed by atoms with E-state index in [1.54, 1.807) is 12.2 Å². The number of hydrogen-bond donors (Lipinski definition) is 2. The Balaban J connectivity index is 4.23. The third-order valence-electron chi connectivity index (χ3n) is 12.0. The van der Waals surface area contributed by atoms with Crippen molar-refractivity contribution in [2.75, 3.05) is 40.9 Å². The molecule has 0 saturated carbocycles. The zero-order chi connectivity index (χ0) is 48.5. The predicted octanol–water partition coefficient (Wildman–Crippen LogP) is 15.7. The lowest BCUT2D eigenvalue weighted by Crippen LogP contribution is -2.45. The van der Waals surface area contributed by atoms with Crippen molar-refractivity contribution >= 4 is 13.7 Å². The zero-order valence-corrected chi connectivity index (χ0v) is 44.5. The molecule has 3 atom stereocenters. The van der Waals surface area contributed by atoms with Crippen LogP contribution in [0.25, 0.3) is 0 Å². The highest BCUT2D eigenvalue weighted by molar-refractivity contribution is 7.45. The van der Waals surface area contributed by atoms with E-state index in [9.17, 15) is 19.4 Å². The van der Waals surface area contributed by atoms with Crippen LogP contribution in [0.15, 0.2) is 72.9 Å². The van der Waals surface area contributed by atoms with Gasteiger partial charge in [0.05, 0.1) is 39.9 Å². The maximum atomic E-state index is 12.8. The molecule has 0 aliphatic heterocycles. The molecule has 0 fully saturated rings. The third kappa shape index (κ3) is 49.8. The van der Waals surface area contributed by atoms with Gasteiger partial charge in [0, 0.05) is 6.42 Å². The summed E-state index contributed by atoms with van der Waals surface area (Å²) < 4.78 is 23.2. The molecule has 384 valence electrons. The van der Waals surface area contributed by atoms with Gasteiger partial charge >= 0.3 is 0 Å². The minimum Gasteiger partial charge on any atom is -0.756 e. The van der Waals surface area contributed by atoms with Crippen LogP contribution in [0.4, 0.5) is 0 Å². The number of allylic oxidation sites excluding steroid dienone is 10. The quantitative estimate of drug-likeness (QED) is 0.0272. The first-order chi connectivity index (χ1) is 32.0. The largest absolute Gasteiger partial charge is 0.756 e. The van der Waals surface area contributed by atoms with Crippen LogP contribution in [0.1, 0.15) is 232 Å². The van der Waals surface area contributed by atoms with Crippen molar-refractivity contribution in [3.05, 3.63) is 72.9 Å². The average Bonchev–Trinajstić information content (AvgIpc) is 3.28. The van der Waals surface area contributed by atoms with E-state index in [0.717, 1.165) is 44.9 Å². The molecule has 0 spiro atoms. The van der Waals surface area contributed by atoms with E-state index >= 15 is 0 Å². The molecule has 3 unspecified atom stereocenters. The molecule has 0 aliphatic carbocycles. The van der Waals surface area contributed by atoms with Crippen LogP contribution in [0.2, 0.25) is 0 Å². The van der Waals surface area contributed by atoms with Crippen molar-refractivity contribution < 1.29 is 32.9 Å². The maximum absolute atomic E-state index is 12.8. The number of quaternary nitrogens is 1. The van der Waals surface area contributed by atoms with Crippen LogP contribution in [-0.4, -0.2) is 68.5 Å². The van der Waals surface area contributed by atoms with Gasteiger partial charge in [0.1, 0.15) is 13.2 Å². The fourth-order valence-corrected chi connectivity index (χ4v) is 8.42. The standard InChI is InChI=1S/C57H105N2O6P/c1-6-8-10-12-14-16-18-20-22-23-24-25-26-27-28-29-30-31-32-33-34-35-37-38-40-42-44-46-48-50-56(60)55(54-65-66(62,63)64-53-52-59(3,4)5)58-57(61)51-49-47-45-43-41-39-36-21-19-17-15-13-11-9-7-2/h9,11,15,17,21,36,41,43,47-50,55-56,60H,6-8,10,12-14,16,18-20,22-35,37-40,42,44-46,51-54H2,1-5H3,(H-,58,61,62,63)/b11-9-,17-15-,36-21-,43-41-,49-47-,50-48+. The molecule has 66 heavy (non-hydrogen) atoms. The molecule has 0 saturated heterocycles. The Morgan fingerprint density at radius 3 is 1.29 bits per heavy atom. The van der Waals surface area contributed by atoms with Crippen molar-refractivity contribution in [2.24, 2.45) is 0 Å². The molecule has 2 N–H and O–H groups in total. The minimum absolute atomic E-state index is 0.0204. The van der Waals surface area contributed by atoms with E-state index in [1.165, 1.54) is 161 Å². The van der Waals surface area contributed by atoms with Crippen LogP contribution in [0.3, 0.4) is 0 Å². The smallest absolute Gasteiger partial charge is 0.268 e. The highest BCUT2D eigenvalue weighted by atomic mass is 31.2. The number of phosphoric ester groups is 1. The average molecular weight is 945 g/mol. The van der Waals surface area contributed by atoms with Crippen LogP contribution in [0.5, 0.6) is 0 Å². The molecule has 0 bridgehead atoms. The van der Waals surface area contributed by atoms with Gasteiger partial charge in [-0.05, 0) is 44.9 Å². The lowest BCUT2D eigenvalue weighted by atomic mass is 10.0. The number of carbonyl (C=O) groups excluding carboxylic acids is 1. The Hall–Kier alpha value is -2.06. The van der Waals surface area contributed by atoms with Crippen LogP contribution in [0, 0.1) is 0 Å². The normalized spacial score (nSPS) is 14.6. The van der Waals surface area contributed by atoms with Crippen LogP contribution in [-0.2, 0) is 18.4 Å². The maximum Gasteiger partial charge on any atom is 0.268 e. The zero-order valence-electron chi connectivity index (χ0n) is 43.6. The summed E-state index contributed by atoms with van der Waals surface area (Å²) in [6.45, 7) is 4.47. The first kappa shape index (κ1) is 63.9. The number of aliphatic hydroxyl groups excluding tert-OH is 1. The molecule has 0 aromatic carbocycles. The van der Waals surface area contributed by atoms with Gasteiger partial charge in [-0.15, -0.1) is 0 Å². The second kappa shape index (κ2) is 48.0. The van der Waals surface area contributed by atoms with Crippen molar-refractivity contribution in [1.82, 2.24) is 5.32 Å². The summed E-state index contributed by atoms with van der Waals surface area (Å²) >= 11 is 0. The summed E-state index contributed by atoms with van der Waals surface area (Å²) in [6, 6.07) is -0.945. The van der Waals surface area contributed by atoms with Gasteiger partial charge in [0.25, 0.3) is 7.82 Å². The van der Waals surface area contributed by atoms with Gasteiger partial charge in [0.15, 0.2) is 0 Å². The van der Waals surface area contributed by atoms with Gasteiger partial charge in [-0.1, -0.05) is 254 Å². The highest BCUT2D eigenvalue weighted by Gasteiger charge is 2.23. The van der Waals surface area contributed by atoms with Crippen LogP contribution < -0.4 is 10.2 Å². The highest BCUT2D eigenvalue weighted by Crippen LogP contribution is 2.38. The Bertz CT molecular complexity index is 1300.